The van der Waals surface area contributed by atoms with Crippen LogP contribution >= 0.6 is 34.8 Å². The second-order valence-corrected chi connectivity index (χ2v) is 9.04. The van der Waals surface area contributed by atoms with Crippen LogP contribution in [0.4, 0.5) is 5.69 Å². The van der Waals surface area contributed by atoms with Crippen molar-refractivity contribution in [2.75, 3.05) is 0 Å². The van der Waals surface area contributed by atoms with Crippen LogP contribution in [-0.2, 0) is 24.4 Å². The summed E-state index contributed by atoms with van der Waals surface area (Å²) in [6.45, 7) is 1.22. The van der Waals surface area contributed by atoms with Crippen molar-refractivity contribution < 1.29 is 31.2 Å². The van der Waals surface area contributed by atoms with Crippen molar-refractivity contribution in [3.8, 4) is 0 Å². The van der Waals surface area contributed by atoms with Crippen LogP contribution in [0.15, 0.2) is 85.5 Å². The van der Waals surface area contributed by atoms with E-state index in [9.17, 15) is 10.1 Å². The zero-order chi connectivity index (χ0) is 24.1. The molecule has 0 radical (unpaired) electrons. The fraction of sp³-hybridized carbons (Fsp3) is 0.160. The quantitative estimate of drug-likeness (QED) is 0.168. The SMILES string of the molecule is O=[N+]([O-])c1ccccc1C[n+]1ccn(CC(OCc2ccc(Cl)cc2Cl)c2ccc(Cl)cc2)c1.[Br-]. The highest BCUT2D eigenvalue weighted by Gasteiger charge is 2.19. The standard InChI is InChI=1S/C25H21Cl3N3O3.BrH/c26-21-8-5-18(6-9-21)25(34-16-20-7-10-22(27)13-23(20)28)15-30-12-11-29(17-30)14-19-3-1-2-4-24(19)31(32)33;/h1-13,17,25H,14-16H2;1H/q+1;/p-1. The number of imidazole rings is 1. The minimum atomic E-state index is -0.362. The molecule has 1 atom stereocenters. The maximum Gasteiger partial charge on any atom is 0.276 e. The van der Waals surface area contributed by atoms with E-state index in [0.717, 1.165) is 11.1 Å². The zero-order valence-electron chi connectivity index (χ0n) is 18.4. The van der Waals surface area contributed by atoms with Crippen LogP contribution in [-0.4, -0.2) is 9.49 Å². The number of ether oxygens (including phenoxy) is 1. The highest BCUT2D eigenvalue weighted by Crippen LogP contribution is 2.27. The third-order valence-electron chi connectivity index (χ3n) is 5.36. The number of nitro groups is 1. The fourth-order valence-electron chi connectivity index (χ4n) is 3.61. The van der Waals surface area contributed by atoms with Crippen LogP contribution in [0, 0.1) is 10.1 Å². The van der Waals surface area contributed by atoms with Gasteiger partial charge in [-0.3, -0.25) is 10.1 Å². The molecule has 0 saturated carbocycles. The first-order valence-electron chi connectivity index (χ1n) is 10.5. The van der Waals surface area contributed by atoms with Gasteiger partial charge in [-0.05, 0) is 41.5 Å². The molecule has 1 heterocycles. The van der Waals surface area contributed by atoms with E-state index in [-0.39, 0.29) is 33.7 Å². The molecule has 1 unspecified atom stereocenters. The van der Waals surface area contributed by atoms with Gasteiger partial charge in [0.05, 0.1) is 17.1 Å². The lowest BCUT2D eigenvalue weighted by atomic mass is 10.1. The van der Waals surface area contributed by atoms with Gasteiger partial charge >= 0.3 is 0 Å². The summed E-state index contributed by atoms with van der Waals surface area (Å²) in [5.41, 5.74) is 2.54. The van der Waals surface area contributed by atoms with E-state index in [1.165, 1.54) is 6.07 Å². The molecule has 6 nitrogen and oxygen atoms in total. The maximum atomic E-state index is 11.3. The summed E-state index contributed by atoms with van der Waals surface area (Å²) in [4.78, 5) is 11.0. The van der Waals surface area contributed by atoms with E-state index in [0.29, 0.717) is 40.3 Å². The Morgan fingerprint density at radius 2 is 1.69 bits per heavy atom. The molecule has 3 aromatic carbocycles. The summed E-state index contributed by atoms with van der Waals surface area (Å²) >= 11 is 18.4. The highest BCUT2D eigenvalue weighted by molar-refractivity contribution is 6.35. The van der Waals surface area contributed by atoms with E-state index in [1.807, 2.05) is 58.2 Å². The molecular formula is C25H21BrCl3N3O3. The molecule has 0 fully saturated rings. The third-order valence-corrected chi connectivity index (χ3v) is 6.20. The number of aromatic nitrogens is 2. The summed E-state index contributed by atoms with van der Waals surface area (Å²) in [5, 5.41) is 13.1. The lowest BCUT2D eigenvalue weighted by molar-refractivity contribution is -0.688. The zero-order valence-corrected chi connectivity index (χ0v) is 22.2. The van der Waals surface area contributed by atoms with E-state index in [1.54, 1.807) is 30.3 Å². The smallest absolute Gasteiger partial charge is 0.276 e. The predicted octanol–water partition coefficient (Wildman–Crippen LogP) is 3.65. The van der Waals surface area contributed by atoms with Crippen molar-refractivity contribution in [3.63, 3.8) is 0 Å². The van der Waals surface area contributed by atoms with Crippen LogP contribution in [0.3, 0.4) is 0 Å². The van der Waals surface area contributed by atoms with Crippen LogP contribution < -0.4 is 21.5 Å². The Balaban J connectivity index is 0.00000342. The van der Waals surface area contributed by atoms with Crippen molar-refractivity contribution >= 4 is 40.5 Å². The Labute approximate surface area is 228 Å². The van der Waals surface area contributed by atoms with Crippen LogP contribution in [0.2, 0.25) is 15.1 Å². The van der Waals surface area contributed by atoms with Gasteiger partial charge in [0, 0.05) is 21.1 Å². The van der Waals surface area contributed by atoms with Gasteiger partial charge in [0.2, 0.25) is 6.33 Å². The van der Waals surface area contributed by atoms with Crippen LogP contribution in [0.25, 0.3) is 0 Å². The Hall–Kier alpha value is -2.42. The summed E-state index contributed by atoms with van der Waals surface area (Å²) in [6.07, 6.45) is 5.41. The molecule has 1 aromatic heterocycles. The highest BCUT2D eigenvalue weighted by atomic mass is 79.9. The molecule has 35 heavy (non-hydrogen) atoms. The minimum absolute atomic E-state index is 0. The maximum absolute atomic E-state index is 11.3. The summed E-state index contributed by atoms with van der Waals surface area (Å²) < 4.78 is 10.2. The Kier molecular flexibility index (Phi) is 9.71. The molecule has 0 aliphatic rings. The van der Waals surface area contributed by atoms with Gasteiger partial charge in [-0.1, -0.05) is 65.1 Å². The topological polar surface area (TPSA) is 61.2 Å². The molecule has 0 bridgehead atoms. The van der Waals surface area contributed by atoms with Gasteiger partial charge in [-0.25, -0.2) is 9.13 Å². The normalized spacial score (nSPS) is 11.6. The van der Waals surface area contributed by atoms with Gasteiger partial charge in [0.15, 0.2) is 0 Å². The van der Waals surface area contributed by atoms with Gasteiger partial charge < -0.3 is 21.7 Å². The van der Waals surface area contributed by atoms with Gasteiger partial charge in [-0.2, -0.15) is 0 Å². The number of nitrogens with zero attached hydrogens (tertiary/aromatic N) is 3. The van der Waals surface area contributed by atoms with Crippen molar-refractivity contribution in [1.29, 1.82) is 0 Å². The van der Waals surface area contributed by atoms with E-state index in [4.69, 9.17) is 39.5 Å². The number of hydrogen-bond donors (Lipinski definition) is 0. The lowest BCUT2D eigenvalue weighted by Crippen LogP contribution is -3.00. The summed E-state index contributed by atoms with van der Waals surface area (Å²) in [6, 6.07) is 19.6. The average Bonchev–Trinajstić information content (AvgIpc) is 3.25. The van der Waals surface area contributed by atoms with Gasteiger partial charge in [-0.15, -0.1) is 0 Å². The molecule has 4 rings (SSSR count). The number of halogens is 4. The fourth-order valence-corrected chi connectivity index (χ4v) is 4.20. The minimum Gasteiger partial charge on any atom is -1.00 e. The molecule has 182 valence electrons. The molecule has 0 saturated heterocycles. The molecule has 0 N–H and O–H groups in total. The molecule has 0 aliphatic heterocycles. The Morgan fingerprint density at radius 3 is 2.40 bits per heavy atom. The first-order valence-corrected chi connectivity index (χ1v) is 11.6. The average molecular weight is 598 g/mol. The largest absolute Gasteiger partial charge is 1.00 e. The Bertz CT molecular complexity index is 1300. The lowest BCUT2D eigenvalue weighted by Gasteiger charge is -2.17. The van der Waals surface area contributed by atoms with Gasteiger partial charge in [0.25, 0.3) is 5.69 Å². The molecule has 0 spiro atoms. The second kappa shape index (κ2) is 12.5. The summed E-state index contributed by atoms with van der Waals surface area (Å²) in [5.74, 6) is 0. The van der Waals surface area contributed by atoms with Gasteiger partial charge in [0.1, 0.15) is 31.6 Å². The van der Waals surface area contributed by atoms with Crippen molar-refractivity contribution in [1.82, 2.24) is 4.57 Å². The second-order valence-electron chi connectivity index (χ2n) is 7.76. The van der Waals surface area contributed by atoms with Crippen LogP contribution in [0.1, 0.15) is 22.8 Å². The van der Waals surface area contributed by atoms with E-state index >= 15 is 0 Å². The van der Waals surface area contributed by atoms with Crippen LogP contribution in [0.5, 0.6) is 0 Å². The first-order chi connectivity index (χ1) is 16.4. The van der Waals surface area contributed by atoms with E-state index < -0.39 is 0 Å². The monoisotopic (exact) mass is 595 g/mol. The Morgan fingerprint density at radius 1 is 0.971 bits per heavy atom. The predicted molar refractivity (Wildman–Crippen MR) is 132 cm³/mol. The number of benzene rings is 3. The van der Waals surface area contributed by atoms with Crippen molar-refractivity contribution in [2.24, 2.45) is 0 Å². The molecule has 0 amide bonds. The molecular weight excluding hydrogens is 577 g/mol. The first kappa shape index (κ1) is 27.2. The van der Waals surface area contributed by atoms with Crippen molar-refractivity contribution in [3.05, 3.63) is 127 Å². The van der Waals surface area contributed by atoms with Crippen molar-refractivity contribution in [2.45, 2.75) is 25.8 Å². The molecule has 0 aliphatic carbocycles. The summed E-state index contributed by atoms with van der Waals surface area (Å²) in [7, 11) is 0. The number of nitro benzene ring substituents is 1. The number of hydrogen-bond acceptors (Lipinski definition) is 3. The molecule has 10 heteroatoms. The number of para-hydroxylation sites is 1. The number of rotatable bonds is 9. The third kappa shape index (κ3) is 7.29. The molecule has 4 aromatic rings. The van der Waals surface area contributed by atoms with E-state index in [2.05, 4.69) is 0 Å².